The number of hydrogen-bond acceptors (Lipinski definition) is 3. The van der Waals surface area contributed by atoms with Crippen LogP contribution in [0.5, 0.6) is 0 Å². The molecule has 33 heavy (non-hydrogen) atoms. The molecule has 1 radical (unpaired) electrons. The number of rotatable bonds is 2. The summed E-state index contributed by atoms with van der Waals surface area (Å²) in [5, 5.41) is 2.61. The van der Waals surface area contributed by atoms with E-state index in [2.05, 4.69) is 52.4 Å². The zero-order valence-corrected chi connectivity index (χ0v) is 21.2. The Kier molecular flexibility index (Phi) is 7.41. The van der Waals surface area contributed by atoms with Crippen LogP contribution in [0.2, 0.25) is 0 Å². The summed E-state index contributed by atoms with van der Waals surface area (Å²) in [6.45, 7) is 1.99. The Morgan fingerprint density at radius 1 is 0.697 bits per heavy atom. The molecule has 0 atom stereocenters. The monoisotopic (exact) mass is 621 g/mol. The van der Waals surface area contributed by atoms with E-state index in [1.807, 2.05) is 91.2 Å². The van der Waals surface area contributed by atoms with Crippen molar-refractivity contribution in [3.63, 3.8) is 0 Å². The van der Waals surface area contributed by atoms with E-state index in [0.29, 0.717) is 0 Å². The maximum absolute atomic E-state index is 4.44. The van der Waals surface area contributed by atoms with Crippen LogP contribution in [-0.2, 0) is 20.1 Å². The first-order valence-corrected chi connectivity index (χ1v) is 11.3. The number of aromatic nitrogens is 2. The van der Waals surface area contributed by atoms with Gasteiger partial charge >= 0.3 is 0 Å². The first kappa shape index (κ1) is 23.0. The molecule has 3 aromatic heterocycles. The Morgan fingerprint density at radius 3 is 2.30 bits per heavy atom. The molecular weight excluding hydrogens is 601 g/mol. The summed E-state index contributed by atoms with van der Waals surface area (Å²) in [5.41, 5.74) is 5.15. The van der Waals surface area contributed by atoms with E-state index < -0.39 is 0 Å². The van der Waals surface area contributed by atoms with Gasteiger partial charge in [-0.3, -0.25) is 0 Å². The van der Waals surface area contributed by atoms with Gasteiger partial charge in [0.1, 0.15) is 0 Å². The summed E-state index contributed by atoms with van der Waals surface area (Å²) in [4.78, 5) is 8.86. The molecule has 6 aromatic rings. The van der Waals surface area contributed by atoms with Crippen LogP contribution in [-0.4, -0.2) is 9.97 Å². The molecule has 4 heteroatoms. The standard InChI is InChI=1S/C17H10NS.C12H10N.Ir/c1-2-10-16-12(6-1)13-7-5-8-14(17(13)19-16)15-9-3-4-11-18-15;1-10-6-5-9-12(13-10)11-7-3-2-4-8-11;/h1-7,9-11H;2-7,9H,1H3;/q2*-1;. The van der Waals surface area contributed by atoms with Crippen molar-refractivity contribution in [1.82, 2.24) is 9.97 Å². The summed E-state index contributed by atoms with van der Waals surface area (Å²) in [6, 6.07) is 39.0. The molecule has 3 heterocycles. The minimum atomic E-state index is 0. The molecule has 0 aliphatic heterocycles. The van der Waals surface area contributed by atoms with Gasteiger partial charge in [0.05, 0.1) is 0 Å². The second kappa shape index (κ2) is 10.6. The molecule has 0 N–H and O–H groups in total. The van der Waals surface area contributed by atoms with E-state index in [1.54, 1.807) is 0 Å². The fourth-order valence-electron chi connectivity index (χ4n) is 3.64. The van der Waals surface area contributed by atoms with Crippen molar-refractivity contribution in [2.45, 2.75) is 6.92 Å². The number of benzene rings is 3. The third kappa shape index (κ3) is 5.09. The average Bonchev–Trinajstić information content (AvgIpc) is 3.24. The number of nitrogens with zero attached hydrogens (tertiary/aromatic N) is 2. The molecule has 0 bridgehead atoms. The third-order valence-corrected chi connectivity index (χ3v) is 6.34. The van der Waals surface area contributed by atoms with Crippen LogP contribution in [0.25, 0.3) is 42.7 Å². The van der Waals surface area contributed by atoms with Crippen LogP contribution in [0.1, 0.15) is 5.69 Å². The van der Waals surface area contributed by atoms with Gasteiger partial charge in [0.15, 0.2) is 0 Å². The molecular formula is C29H20IrN2S-2. The van der Waals surface area contributed by atoms with E-state index in [-0.39, 0.29) is 20.1 Å². The summed E-state index contributed by atoms with van der Waals surface area (Å²) in [7, 11) is 0. The quantitative estimate of drug-likeness (QED) is 0.185. The Labute approximate surface area is 211 Å². The molecule has 0 saturated carbocycles. The maximum Gasteiger partial charge on any atom is 0.0266 e. The van der Waals surface area contributed by atoms with Crippen molar-refractivity contribution in [2.75, 3.05) is 0 Å². The van der Waals surface area contributed by atoms with E-state index >= 15 is 0 Å². The average molecular weight is 621 g/mol. The molecule has 0 spiro atoms. The molecule has 163 valence electrons. The van der Waals surface area contributed by atoms with Crippen LogP contribution < -0.4 is 0 Å². The van der Waals surface area contributed by atoms with Crippen LogP contribution in [0.3, 0.4) is 0 Å². The van der Waals surface area contributed by atoms with Gasteiger partial charge in [-0.05, 0) is 46.6 Å². The van der Waals surface area contributed by atoms with Gasteiger partial charge in [-0.1, -0.05) is 47.9 Å². The minimum Gasteiger partial charge on any atom is -0.305 e. The first-order chi connectivity index (χ1) is 15.8. The van der Waals surface area contributed by atoms with Gasteiger partial charge in [0, 0.05) is 36.7 Å². The van der Waals surface area contributed by atoms with Crippen LogP contribution in [0.4, 0.5) is 0 Å². The van der Waals surface area contributed by atoms with Gasteiger partial charge in [0.25, 0.3) is 0 Å². The zero-order chi connectivity index (χ0) is 21.8. The number of hydrogen-bond donors (Lipinski definition) is 0. The maximum atomic E-state index is 4.44. The van der Waals surface area contributed by atoms with Gasteiger partial charge in [0.2, 0.25) is 0 Å². The molecule has 0 saturated heterocycles. The summed E-state index contributed by atoms with van der Waals surface area (Å²) in [5.74, 6) is 0. The first-order valence-electron chi connectivity index (χ1n) is 10.4. The molecule has 0 amide bonds. The van der Waals surface area contributed by atoms with Crippen LogP contribution in [0, 0.1) is 19.1 Å². The Bertz CT molecular complexity index is 1480. The van der Waals surface area contributed by atoms with Gasteiger partial charge in [-0.25, -0.2) is 0 Å². The van der Waals surface area contributed by atoms with Crippen molar-refractivity contribution in [2.24, 2.45) is 0 Å². The summed E-state index contributed by atoms with van der Waals surface area (Å²) in [6.07, 6.45) is 1.83. The molecule has 6 rings (SSSR count). The van der Waals surface area contributed by atoms with Crippen molar-refractivity contribution in [3.05, 3.63) is 121 Å². The molecule has 0 unspecified atom stereocenters. The Hall–Kier alpha value is -3.17. The molecule has 0 aliphatic carbocycles. The van der Waals surface area contributed by atoms with E-state index in [9.17, 15) is 0 Å². The predicted molar refractivity (Wildman–Crippen MR) is 135 cm³/mol. The smallest absolute Gasteiger partial charge is 0.0266 e. The van der Waals surface area contributed by atoms with Gasteiger partial charge in [-0.15, -0.1) is 59.7 Å². The normalized spacial score (nSPS) is 10.3. The Morgan fingerprint density at radius 2 is 1.52 bits per heavy atom. The van der Waals surface area contributed by atoms with E-state index in [0.717, 1.165) is 28.2 Å². The van der Waals surface area contributed by atoms with Crippen molar-refractivity contribution in [1.29, 1.82) is 0 Å². The van der Waals surface area contributed by atoms with Gasteiger partial charge < -0.3 is 9.97 Å². The second-order valence-corrected chi connectivity index (χ2v) is 8.40. The number of fused-ring (bicyclic) bond motifs is 3. The number of pyridine rings is 2. The predicted octanol–water partition coefficient (Wildman–Crippen LogP) is 7.77. The second-order valence-electron chi connectivity index (χ2n) is 7.35. The topological polar surface area (TPSA) is 25.8 Å². The minimum absolute atomic E-state index is 0. The van der Waals surface area contributed by atoms with E-state index in [1.165, 1.54) is 20.2 Å². The fourth-order valence-corrected chi connectivity index (χ4v) is 4.85. The molecule has 3 aromatic carbocycles. The van der Waals surface area contributed by atoms with Gasteiger partial charge in [-0.2, -0.15) is 11.3 Å². The van der Waals surface area contributed by atoms with Crippen molar-refractivity contribution < 1.29 is 20.1 Å². The fraction of sp³-hybridized carbons (Fsp3) is 0.0345. The van der Waals surface area contributed by atoms with Crippen molar-refractivity contribution in [3.8, 4) is 22.5 Å². The molecule has 0 aliphatic rings. The summed E-state index contributed by atoms with van der Waals surface area (Å²) >= 11 is 1.81. The van der Waals surface area contributed by atoms with Crippen LogP contribution in [0.15, 0.2) is 103 Å². The zero-order valence-electron chi connectivity index (χ0n) is 18.0. The third-order valence-electron chi connectivity index (χ3n) is 5.13. The number of aryl methyl sites for hydroxylation is 1. The largest absolute Gasteiger partial charge is 0.305 e. The number of thiophene rings is 1. The summed E-state index contributed by atoms with van der Waals surface area (Å²) < 4.78 is 2.58. The van der Waals surface area contributed by atoms with Crippen molar-refractivity contribution >= 4 is 31.5 Å². The SMILES string of the molecule is Cc1cccc(-c2[c-]cccc2)n1.[Ir].[c-]1ccc2c(sc3ccccc32)c1-c1ccccn1. The van der Waals surface area contributed by atoms with Crippen LogP contribution >= 0.6 is 11.3 Å². The molecule has 2 nitrogen and oxygen atoms in total. The van der Waals surface area contributed by atoms with E-state index in [4.69, 9.17) is 0 Å². The molecule has 0 fully saturated rings. The Balaban J connectivity index is 0.000000164.